The van der Waals surface area contributed by atoms with Crippen molar-refractivity contribution in [2.45, 2.75) is 13.0 Å². The summed E-state index contributed by atoms with van der Waals surface area (Å²) in [7, 11) is 0. The molecule has 1 atom stereocenters. The zero-order chi connectivity index (χ0) is 11.5. The fraction of sp³-hybridized carbons (Fsp3) is 0.333. The highest BCUT2D eigenvalue weighted by Gasteiger charge is 2.13. The lowest BCUT2D eigenvalue weighted by molar-refractivity contribution is 0.128. The summed E-state index contributed by atoms with van der Waals surface area (Å²) in [4.78, 5) is 0. The van der Waals surface area contributed by atoms with E-state index in [2.05, 4.69) is 0 Å². The van der Waals surface area contributed by atoms with Crippen LogP contribution in [0.25, 0.3) is 11.0 Å². The van der Waals surface area contributed by atoms with Crippen LogP contribution in [0.4, 0.5) is 0 Å². The second kappa shape index (κ2) is 4.87. The summed E-state index contributed by atoms with van der Waals surface area (Å²) in [6, 6.07) is 7.29. The Morgan fingerprint density at radius 1 is 1.50 bits per heavy atom. The van der Waals surface area contributed by atoms with Crippen LogP contribution in [-0.4, -0.2) is 13.2 Å². The molecule has 16 heavy (non-hydrogen) atoms. The lowest BCUT2D eigenvalue weighted by atomic mass is 10.2. The molecule has 0 saturated carbocycles. The minimum absolute atomic E-state index is 0.247. The van der Waals surface area contributed by atoms with Gasteiger partial charge < -0.3 is 14.9 Å². The summed E-state index contributed by atoms with van der Waals surface area (Å²) in [5.41, 5.74) is 6.62. The van der Waals surface area contributed by atoms with Crippen molar-refractivity contribution in [3.63, 3.8) is 0 Å². The number of hydrogen-bond donors (Lipinski definition) is 1. The summed E-state index contributed by atoms with van der Waals surface area (Å²) in [6.07, 6.45) is 0. The van der Waals surface area contributed by atoms with E-state index in [0.29, 0.717) is 29.6 Å². The van der Waals surface area contributed by atoms with Crippen molar-refractivity contribution in [3.8, 4) is 0 Å². The number of hydrogen-bond acceptors (Lipinski definition) is 3. The van der Waals surface area contributed by atoms with Crippen LogP contribution in [0.3, 0.4) is 0 Å². The third-order valence-corrected chi connectivity index (χ3v) is 2.68. The average Bonchev–Trinajstić information content (AvgIpc) is 2.71. The molecule has 0 fully saturated rings. The van der Waals surface area contributed by atoms with Crippen molar-refractivity contribution in [2.75, 3.05) is 13.2 Å². The van der Waals surface area contributed by atoms with Crippen molar-refractivity contribution in [1.29, 1.82) is 0 Å². The predicted octanol–water partition coefficient (Wildman–Crippen LogP) is 3.12. The smallest absolute Gasteiger partial charge is 0.152 e. The van der Waals surface area contributed by atoms with Gasteiger partial charge in [-0.25, -0.2) is 0 Å². The maximum Gasteiger partial charge on any atom is 0.152 e. The van der Waals surface area contributed by atoms with E-state index in [0.717, 1.165) is 5.39 Å². The van der Waals surface area contributed by atoms with Gasteiger partial charge in [0.25, 0.3) is 0 Å². The molecule has 0 aliphatic heterocycles. The zero-order valence-corrected chi connectivity index (χ0v) is 9.83. The number of fused-ring (bicyclic) bond motifs is 1. The van der Waals surface area contributed by atoms with Gasteiger partial charge in [-0.15, -0.1) is 0 Å². The van der Waals surface area contributed by atoms with Crippen LogP contribution in [0, 0.1) is 0 Å². The zero-order valence-electron chi connectivity index (χ0n) is 9.07. The first kappa shape index (κ1) is 11.5. The van der Waals surface area contributed by atoms with E-state index >= 15 is 0 Å². The van der Waals surface area contributed by atoms with Gasteiger partial charge in [-0.05, 0) is 19.1 Å². The third kappa shape index (κ3) is 2.21. The fourth-order valence-electron chi connectivity index (χ4n) is 1.56. The molecule has 0 bridgehead atoms. The van der Waals surface area contributed by atoms with Gasteiger partial charge in [-0.1, -0.05) is 23.7 Å². The van der Waals surface area contributed by atoms with Crippen LogP contribution in [-0.2, 0) is 4.74 Å². The van der Waals surface area contributed by atoms with E-state index in [1.807, 2.05) is 25.1 Å². The van der Waals surface area contributed by atoms with Crippen molar-refractivity contribution in [2.24, 2.45) is 5.73 Å². The lowest BCUT2D eigenvalue weighted by Crippen LogP contribution is -2.16. The van der Waals surface area contributed by atoms with Crippen molar-refractivity contribution >= 4 is 22.6 Å². The molecule has 2 rings (SSSR count). The fourth-order valence-corrected chi connectivity index (χ4v) is 1.78. The molecule has 2 aromatic rings. The van der Waals surface area contributed by atoms with Crippen LogP contribution in [0.2, 0.25) is 5.02 Å². The Bertz CT molecular complexity index is 481. The Hall–Kier alpha value is -1.03. The molecule has 1 unspecified atom stereocenters. The molecular weight excluding hydrogens is 226 g/mol. The molecule has 0 amide bonds. The first-order chi connectivity index (χ1) is 7.72. The first-order valence-corrected chi connectivity index (χ1v) is 5.61. The Morgan fingerprint density at radius 2 is 2.31 bits per heavy atom. The van der Waals surface area contributed by atoms with E-state index in [-0.39, 0.29) is 6.04 Å². The van der Waals surface area contributed by atoms with Gasteiger partial charge in [0, 0.05) is 12.0 Å². The third-order valence-electron chi connectivity index (χ3n) is 2.38. The molecule has 1 aromatic heterocycles. The SMILES string of the molecule is CCOCC(N)c1cc2cccc(Cl)c2o1. The van der Waals surface area contributed by atoms with E-state index < -0.39 is 0 Å². The molecule has 4 heteroatoms. The van der Waals surface area contributed by atoms with Gasteiger partial charge in [0.05, 0.1) is 17.7 Å². The highest BCUT2D eigenvalue weighted by atomic mass is 35.5. The summed E-state index contributed by atoms with van der Waals surface area (Å²) in [6.45, 7) is 3.03. The first-order valence-electron chi connectivity index (χ1n) is 5.23. The summed E-state index contributed by atoms with van der Waals surface area (Å²) in [5, 5.41) is 1.57. The van der Waals surface area contributed by atoms with Gasteiger partial charge in [-0.3, -0.25) is 0 Å². The Balaban J connectivity index is 2.29. The molecule has 0 radical (unpaired) electrons. The molecule has 2 N–H and O–H groups in total. The summed E-state index contributed by atoms with van der Waals surface area (Å²) < 4.78 is 10.9. The molecule has 3 nitrogen and oxygen atoms in total. The van der Waals surface area contributed by atoms with Crippen LogP contribution in [0.15, 0.2) is 28.7 Å². The molecule has 0 spiro atoms. The highest BCUT2D eigenvalue weighted by molar-refractivity contribution is 6.34. The van der Waals surface area contributed by atoms with Gasteiger partial charge in [0.15, 0.2) is 5.58 Å². The van der Waals surface area contributed by atoms with Crippen LogP contribution < -0.4 is 5.73 Å². The maximum absolute atomic E-state index is 6.01. The molecule has 0 aliphatic rings. The molecule has 86 valence electrons. The topological polar surface area (TPSA) is 48.4 Å². The normalized spacial score (nSPS) is 13.2. The van der Waals surface area contributed by atoms with E-state index in [1.165, 1.54) is 0 Å². The van der Waals surface area contributed by atoms with Crippen LogP contribution >= 0.6 is 11.6 Å². The maximum atomic E-state index is 6.01. The number of rotatable bonds is 4. The number of nitrogens with two attached hydrogens (primary N) is 1. The van der Waals surface area contributed by atoms with Crippen LogP contribution in [0.5, 0.6) is 0 Å². The van der Waals surface area contributed by atoms with Gasteiger partial charge in [0.1, 0.15) is 5.76 Å². The highest BCUT2D eigenvalue weighted by Crippen LogP contribution is 2.28. The van der Waals surface area contributed by atoms with Crippen molar-refractivity contribution in [1.82, 2.24) is 0 Å². The quantitative estimate of drug-likeness (QED) is 0.892. The van der Waals surface area contributed by atoms with E-state index in [1.54, 1.807) is 6.07 Å². The summed E-state index contributed by atoms with van der Waals surface area (Å²) >= 11 is 6.01. The second-order valence-corrected chi connectivity index (χ2v) is 3.98. The van der Waals surface area contributed by atoms with Crippen LogP contribution in [0.1, 0.15) is 18.7 Å². The van der Waals surface area contributed by atoms with Gasteiger partial charge in [-0.2, -0.15) is 0 Å². The number of ether oxygens (including phenoxy) is 1. The number of benzene rings is 1. The monoisotopic (exact) mass is 239 g/mol. The number of furan rings is 1. The number of para-hydroxylation sites is 1. The van der Waals surface area contributed by atoms with E-state index in [4.69, 9.17) is 26.5 Å². The van der Waals surface area contributed by atoms with Crippen molar-refractivity contribution < 1.29 is 9.15 Å². The molecule has 0 aliphatic carbocycles. The Kier molecular flexibility index (Phi) is 3.49. The standard InChI is InChI=1S/C12H14ClNO2/c1-2-15-7-10(14)11-6-8-4-3-5-9(13)12(8)16-11/h3-6,10H,2,7,14H2,1H3. The van der Waals surface area contributed by atoms with E-state index in [9.17, 15) is 0 Å². The molecule has 1 heterocycles. The predicted molar refractivity (Wildman–Crippen MR) is 64.6 cm³/mol. The summed E-state index contributed by atoms with van der Waals surface area (Å²) in [5.74, 6) is 0.705. The Morgan fingerprint density at radius 3 is 3.00 bits per heavy atom. The molecular formula is C12H14ClNO2. The average molecular weight is 240 g/mol. The second-order valence-electron chi connectivity index (χ2n) is 3.57. The largest absolute Gasteiger partial charge is 0.458 e. The molecule has 0 saturated heterocycles. The lowest BCUT2D eigenvalue weighted by Gasteiger charge is -2.07. The van der Waals surface area contributed by atoms with Gasteiger partial charge >= 0.3 is 0 Å². The minimum Gasteiger partial charge on any atom is -0.458 e. The minimum atomic E-state index is -0.247. The Labute approximate surface area is 99.1 Å². The van der Waals surface area contributed by atoms with Crippen molar-refractivity contribution in [3.05, 3.63) is 35.0 Å². The van der Waals surface area contributed by atoms with Gasteiger partial charge in [0.2, 0.25) is 0 Å². The number of halogens is 1. The molecule has 1 aromatic carbocycles.